The molecule has 3 nitrogen and oxygen atoms in total. The Kier molecular flexibility index (Phi) is 4.37. The van der Waals surface area contributed by atoms with Crippen LogP contribution in [0, 0.1) is 12.8 Å². The van der Waals surface area contributed by atoms with Gasteiger partial charge in [-0.15, -0.1) is 0 Å². The van der Waals surface area contributed by atoms with Crippen LogP contribution in [0.5, 0.6) is 11.5 Å². The third kappa shape index (κ3) is 2.17. The van der Waals surface area contributed by atoms with Crippen LogP contribution in [-0.2, 0) is 10.2 Å². The second-order valence-electron chi connectivity index (χ2n) is 7.06. The van der Waals surface area contributed by atoms with Gasteiger partial charge in [-0.1, -0.05) is 44.9 Å². The molecule has 0 bridgehead atoms. The molecule has 1 aliphatic carbocycles. The molecule has 0 saturated carbocycles. The maximum atomic E-state index is 6.49. The van der Waals surface area contributed by atoms with Gasteiger partial charge in [-0.3, -0.25) is 0 Å². The lowest BCUT2D eigenvalue weighted by molar-refractivity contribution is 0.108. The minimum atomic E-state index is -0.170. The SMILES string of the molecule is CCCC12C(C(C)C)=CC=C(OC)C1Oc1c(OC)ccc(C)c12. The fraction of sp³-hybridized carbons (Fsp3) is 0.524. The molecule has 0 spiro atoms. The first-order valence-corrected chi connectivity index (χ1v) is 8.82. The molecule has 0 amide bonds. The van der Waals surface area contributed by atoms with Gasteiger partial charge >= 0.3 is 0 Å². The largest absolute Gasteiger partial charge is 0.497 e. The Balaban J connectivity index is 2.33. The van der Waals surface area contributed by atoms with Crippen LogP contribution >= 0.6 is 0 Å². The monoisotopic (exact) mass is 328 g/mol. The zero-order valence-corrected chi connectivity index (χ0v) is 15.6. The predicted octanol–water partition coefficient (Wildman–Crippen LogP) is 4.93. The fourth-order valence-electron chi connectivity index (χ4n) is 4.53. The van der Waals surface area contributed by atoms with Crippen molar-refractivity contribution in [3.63, 3.8) is 0 Å². The van der Waals surface area contributed by atoms with Crippen molar-refractivity contribution < 1.29 is 14.2 Å². The minimum absolute atomic E-state index is 0.116. The summed E-state index contributed by atoms with van der Waals surface area (Å²) in [7, 11) is 3.43. The Bertz CT molecular complexity index is 699. The fourth-order valence-corrected chi connectivity index (χ4v) is 4.53. The molecular formula is C21H28O3. The van der Waals surface area contributed by atoms with Gasteiger partial charge in [0.1, 0.15) is 5.76 Å². The molecule has 24 heavy (non-hydrogen) atoms. The van der Waals surface area contributed by atoms with Crippen molar-refractivity contribution in [3.8, 4) is 11.5 Å². The van der Waals surface area contributed by atoms with E-state index in [4.69, 9.17) is 14.2 Å². The topological polar surface area (TPSA) is 27.7 Å². The van der Waals surface area contributed by atoms with Crippen molar-refractivity contribution in [2.24, 2.45) is 5.92 Å². The van der Waals surface area contributed by atoms with E-state index in [1.807, 2.05) is 6.07 Å². The summed E-state index contributed by atoms with van der Waals surface area (Å²) in [4.78, 5) is 0. The molecule has 3 rings (SSSR count). The van der Waals surface area contributed by atoms with Crippen LogP contribution in [0.1, 0.15) is 44.7 Å². The van der Waals surface area contributed by atoms with E-state index >= 15 is 0 Å². The molecule has 1 heterocycles. The minimum Gasteiger partial charge on any atom is -0.497 e. The highest BCUT2D eigenvalue weighted by molar-refractivity contribution is 5.64. The van der Waals surface area contributed by atoms with E-state index in [0.29, 0.717) is 5.92 Å². The molecule has 130 valence electrons. The van der Waals surface area contributed by atoms with Crippen LogP contribution in [0.4, 0.5) is 0 Å². The van der Waals surface area contributed by atoms with Gasteiger partial charge < -0.3 is 14.2 Å². The van der Waals surface area contributed by atoms with Crippen LogP contribution in [0.25, 0.3) is 0 Å². The smallest absolute Gasteiger partial charge is 0.169 e. The lowest BCUT2D eigenvalue weighted by atomic mass is 9.62. The highest BCUT2D eigenvalue weighted by Gasteiger charge is 2.56. The standard InChI is InChI=1S/C21H28O3/c1-7-12-21-15(13(2)3)9-11-17(23-6)20(21)24-19-16(22-5)10-8-14(4)18(19)21/h8-11,13,20H,7,12H2,1-6H3. The summed E-state index contributed by atoms with van der Waals surface area (Å²) in [6.45, 7) is 8.94. The van der Waals surface area contributed by atoms with E-state index in [1.54, 1.807) is 14.2 Å². The van der Waals surface area contributed by atoms with Crippen LogP contribution in [0.3, 0.4) is 0 Å². The lowest BCUT2D eigenvalue weighted by Gasteiger charge is -2.41. The van der Waals surface area contributed by atoms with Gasteiger partial charge in [-0.05, 0) is 37.0 Å². The number of rotatable bonds is 5. The van der Waals surface area contributed by atoms with E-state index in [0.717, 1.165) is 30.1 Å². The normalized spacial score (nSPS) is 24.7. The second kappa shape index (κ2) is 6.19. The van der Waals surface area contributed by atoms with Crippen molar-refractivity contribution in [3.05, 3.63) is 46.7 Å². The van der Waals surface area contributed by atoms with Crippen molar-refractivity contribution >= 4 is 0 Å². The first kappa shape index (κ1) is 16.9. The van der Waals surface area contributed by atoms with Gasteiger partial charge in [0.15, 0.2) is 17.6 Å². The summed E-state index contributed by atoms with van der Waals surface area (Å²) in [5, 5.41) is 0. The molecule has 0 aromatic heterocycles. The zero-order valence-electron chi connectivity index (χ0n) is 15.6. The Morgan fingerprint density at radius 1 is 1.17 bits per heavy atom. The summed E-state index contributed by atoms with van der Waals surface area (Å²) < 4.78 is 17.8. The number of benzene rings is 1. The number of aryl methyl sites for hydroxylation is 1. The number of allylic oxidation sites excluding steroid dienone is 2. The number of hydrogen-bond donors (Lipinski definition) is 0. The summed E-state index contributed by atoms with van der Waals surface area (Å²) in [6, 6.07) is 4.14. The van der Waals surface area contributed by atoms with Crippen LogP contribution < -0.4 is 9.47 Å². The van der Waals surface area contributed by atoms with Gasteiger partial charge in [-0.25, -0.2) is 0 Å². The van der Waals surface area contributed by atoms with Gasteiger partial charge in [0.05, 0.1) is 19.6 Å². The summed E-state index contributed by atoms with van der Waals surface area (Å²) in [5.41, 5.74) is 3.78. The molecule has 0 saturated heterocycles. The average molecular weight is 328 g/mol. The van der Waals surface area contributed by atoms with Crippen LogP contribution in [0.15, 0.2) is 35.6 Å². The van der Waals surface area contributed by atoms with Crippen molar-refractivity contribution in [2.75, 3.05) is 14.2 Å². The van der Waals surface area contributed by atoms with Crippen molar-refractivity contribution in [2.45, 2.75) is 52.1 Å². The molecule has 1 aromatic rings. The predicted molar refractivity (Wildman–Crippen MR) is 96.7 cm³/mol. The number of hydrogen-bond acceptors (Lipinski definition) is 3. The lowest BCUT2D eigenvalue weighted by Crippen LogP contribution is -2.45. The summed E-state index contributed by atoms with van der Waals surface area (Å²) >= 11 is 0. The average Bonchev–Trinajstić information content (AvgIpc) is 2.91. The number of methoxy groups -OCH3 is 2. The summed E-state index contributed by atoms with van der Waals surface area (Å²) in [5.74, 6) is 3.02. The quantitative estimate of drug-likeness (QED) is 0.767. The van der Waals surface area contributed by atoms with Crippen molar-refractivity contribution in [1.82, 2.24) is 0 Å². The van der Waals surface area contributed by atoms with E-state index < -0.39 is 0 Å². The summed E-state index contributed by atoms with van der Waals surface area (Å²) in [6.07, 6.45) is 6.31. The van der Waals surface area contributed by atoms with Gasteiger partial charge in [0.25, 0.3) is 0 Å². The highest BCUT2D eigenvalue weighted by Crippen LogP contribution is 2.59. The molecule has 1 aromatic carbocycles. The van der Waals surface area contributed by atoms with Gasteiger partial charge in [0.2, 0.25) is 0 Å². The first-order valence-electron chi connectivity index (χ1n) is 8.82. The molecule has 2 aliphatic rings. The molecule has 2 unspecified atom stereocenters. The van der Waals surface area contributed by atoms with E-state index in [1.165, 1.54) is 16.7 Å². The molecule has 0 N–H and O–H groups in total. The maximum Gasteiger partial charge on any atom is 0.169 e. The van der Waals surface area contributed by atoms with E-state index in [9.17, 15) is 0 Å². The second-order valence-corrected chi connectivity index (χ2v) is 7.06. The maximum absolute atomic E-state index is 6.49. The first-order chi connectivity index (χ1) is 11.5. The van der Waals surface area contributed by atoms with Crippen molar-refractivity contribution in [1.29, 1.82) is 0 Å². The zero-order chi connectivity index (χ0) is 17.5. The third-order valence-electron chi connectivity index (χ3n) is 5.38. The number of ether oxygens (including phenoxy) is 3. The molecule has 2 atom stereocenters. The van der Waals surface area contributed by atoms with Gasteiger partial charge in [0, 0.05) is 5.56 Å². The van der Waals surface area contributed by atoms with Crippen LogP contribution in [0.2, 0.25) is 0 Å². The Morgan fingerprint density at radius 2 is 1.92 bits per heavy atom. The van der Waals surface area contributed by atoms with E-state index in [-0.39, 0.29) is 11.5 Å². The molecular weight excluding hydrogens is 300 g/mol. The molecule has 3 heteroatoms. The van der Waals surface area contributed by atoms with E-state index in [2.05, 4.69) is 45.9 Å². The molecule has 0 fully saturated rings. The Hall–Kier alpha value is -1.90. The molecule has 1 aliphatic heterocycles. The van der Waals surface area contributed by atoms with Crippen LogP contribution in [-0.4, -0.2) is 20.3 Å². The highest BCUT2D eigenvalue weighted by atomic mass is 16.6. The Morgan fingerprint density at radius 3 is 2.50 bits per heavy atom. The van der Waals surface area contributed by atoms with Gasteiger partial charge in [-0.2, -0.15) is 0 Å². The Labute approximate surface area is 145 Å². The third-order valence-corrected chi connectivity index (χ3v) is 5.38. The number of fused-ring (bicyclic) bond motifs is 3. The molecule has 0 radical (unpaired) electrons.